The maximum absolute atomic E-state index is 10.3. The van der Waals surface area contributed by atoms with E-state index in [1.807, 2.05) is 18.2 Å². The minimum atomic E-state index is -0.957. The summed E-state index contributed by atoms with van der Waals surface area (Å²) in [7, 11) is 1.60. The zero-order valence-corrected chi connectivity index (χ0v) is 9.15. The molecule has 0 fully saturated rings. The van der Waals surface area contributed by atoms with E-state index in [0.29, 0.717) is 6.42 Å². The van der Waals surface area contributed by atoms with Crippen molar-refractivity contribution in [3.8, 4) is 0 Å². The Hall–Kier alpha value is -1.12. The van der Waals surface area contributed by atoms with Crippen molar-refractivity contribution in [2.45, 2.75) is 24.5 Å². The summed E-state index contributed by atoms with van der Waals surface area (Å²) >= 11 is 0. The van der Waals surface area contributed by atoms with Gasteiger partial charge in [0.1, 0.15) is 11.7 Å². The second kappa shape index (κ2) is 5.10. The lowest BCUT2D eigenvalue weighted by Crippen LogP contribution is -2.41. The van der Waals surface area contributed by atoms with Gasteiger partial charge < -0.3 is 9.84 Å². The Morgan fingerprint density at radius 3 is 2.80 bits per heavy atom. The predicted molar refractivity (Wildman–Crippen MR) is 62.6 cm³/mol. The van der Waals surface area contributed by atoms with E-state index in [9.17, 15) is 5.11 Å². The van der Waals surface area contributed by atoms with Crippen molar-refractivity contribution in [1.82, 2.24) is 0 Å². The van der Waals surface area contributed by atoms with Crippen LogP contribution >= 0.6 is 0 Å². The third-order valence-electron chi connectivity index (χ3n) is 2.55. The lowest BCUT2D eigenvalue weighted by Gasteiger charge is -2.33. The molecule has 2 unspecified atom stereocenters. The molecule has 2 nitrogen and oxygen atoms in total. The molecule has 1 rings (SSSR count). The van der Waals surface area contributed by atoms with Crippen LogP contribution in [0.3, 0.4) is 0 Å². The van der Waals surface area contributed by atoms with Crippen molar-refractivity contribution >= 4 is 0 Å². The van der Waals surface area contributed by atoms with E-state index in [2.05, 4.69) is 13.2 Å². The molecule has 0 radical (unpaired) electrons. The van der Waals surface area contributed by atoms with E-state index in [4.69, 9.17) is 4.74 Å². The molecule has 0 heterocycles. The second-order valence-electron chi connectivity index (χ2n) is 3.71. The van der Waals surface area contributed by atoms with Gasteiger partial charge in [-0.15, -0.1) is 13.2 Å². The summed E-state index contributed by atoms with van der Waals surface area (Å²) in [5.41, 5.74) is 0.159. The van der Waals surface area contributed by atoms with Crippen LogP contribution in [0.15, 0.2) is 49.1 Å². The molecule has 15 heavy (non-hydrogen) atoms. The molecule has 82 valence electrons. The zero-order valence-electron chi connectivity index (χ0n) is 9.15. The second-order valence-corrected chi connectivity index (χ2v) is 3.71. The first-order chi connectivity index (χ1) is 7.16. The van der Waals surface area contributed by atoms with Gasteiger partial charge in [0.25, 0.3) is 0 Å². The number of aliphatic hydroxyl groups is 1. The van der Waals surface area contributed by atoms with Gasteiger partial charge in [0.2, 0.25) is 0 Å². The smallest absolute Gasteiger partial charge is 0.116 e. The normalized spacial score (nSPS) is 29.7. The first kappa shape index (κ1) is 12.0. The van der Waals surface area contributed by atoms with Crippen LogP contribution in [0.2, 0.25) is 0 Å². The minimum Gasteiger partial charge on any atom is -0.382 e. The average Bonchev–Trinajstić information content (AvgIpc) is 2.22. The Balaban J connectivity index is 2.86. The molecule has 0 saturated carbocycles. The molecule has 1 N–H and O–H groups in total. The summed E-state index contributed by atoms with van der Waals surface area (Å²) in [5.74, 6) is 0. The van der Waals surface area contributed by atoms with Crippen LogP contribution in [-0.2, 0) is 4.74 Å². The molecule has 0 spiro atoms. The highest BCUT2D eigenvalue weighted by Gasteiger charge is 2.34. The van der Waals surface area contributed by atoms with Crippen molar-refractivity contribution in [2.75, 3.05) is 7.11 Å². The summed E-state index contributed by atoms with van der Waals surface area (Å²) in [6.45, 7) is 7.32. The third-order valence-corrected chi connectivity index (χ3v) is 2.55. The van der Waals surface area contributed by atoms with Crippen LogP contribution in [0.5, 0.6) is 0 Å². The molecule has 0 saturated heterocycles. The van der Waals surface area contributed by atoms with E-state index < -0.39 is 5.60 Å². The van der Waals surface area contributed by atoms with Crippen molar-refractivity contribution < 1.29 is 9.84 Å². The first-order valence-electron chi connectivity index (χ1n) is 5.03. The molecule has 0 aromatic rings. The molecule has 0 amide bonds. The Morgan fingerprint density at radius 1 is 1.53 bits per heavy atom. The highest BCUT2D eigenvalue weighted by atomic mass is 16.5. The molecule has 2 heteroatoms. The monoisotopic (exact) mass is 206 g/mol. The van der Waals surface area contributed by atoms with Gasteiger partial charge in [0.05, 0.1) is 0 Å². The number of hydrogen-bond donors (Lipinski definition) is 1. The number of ether oxygens (including phenoxy) is 1. The van der Waals surface area contributed by atoms with Gasteiger partial charge in [0.15, 0.2) is 0 Å². The van der Waals surface area contributed by atoms with Crippen molar-refractivity contribution in [3.05, 3.63) is 49.1 Å². The van der Waals surface area contributed by atoms with E-state index in [1.54, 1.807) is 19.3 Å². The summed E-state index contributed by atoms with van der Waals surface area (Å²) in [4.78, 5) is 0. The molecule has 2 atom stereocenters. The SMILES string of the molecule is C=CCC1=CC(OC)C(O)(CC=C)C=C1. The van der Waals surface area contributed by atoms with Crippen molar-refractivity contribution in [2.24, 2.45) is 0 Å². The maximum Gasteiger partial charge on any atom is 0.116 e. The summed E-state index contributed by atoms with van der Waals surface area (Å²) in [5, 5.41) is 10.3. The zero-order chi connectivity index (χ0) is 11.3. The summed E-state index contributed by atoms with van der Waals surface area (Å²) in [6.07, 6.45) is 10.1. The number of allylic oxidation sites excluding steroid dienone is 3. The molecular weight excluding hydrogens is 188 g/mol. The topological polar surface area (TPSA) is 29.5 Å². The first-order valence-corrected chi connectivity index (χ1v) is 5.03. The van der Waals surface area contributed by atoms with Crippen LogP contribution in [0, 0.1) is 0 Å². The quantitative estimate of drug-likeness (QED) is 0.700. The third kappa shape index (κ3) is 2.67. The van der Waals surface area contributed by atoms with Gasteiger partial charge >= 0.3 is 0 Å². The van der Waals surface area contributed by atoms with Crippen LogP contribution in [0.1, 0.15) is 12.8 Å². The lowest BCUT2D eigenvalue weighted by atomic mass is 9.86. The summed E-state index contributed by atoms with van der Waals surface area (Å²) < 4.78 is 5.28. The Morgan fingerprint density at radius 2 is 2.27 bits per heavy atom. The fraction of sp³-hybridized carbons (Fsp3) is 0.385. The van der Waals surface area contributed by atoms with Crippen LogP contribution in [0.4, 0.5) is 0 Å². The summed E-state index contributed by atoms with van der Waals surface area (Å²) in [6, 6.07) is 0. The van der Waals surface area contributed by atoms with E-state index >= 15 is 0 Å². The molecule has 0 aromatic heterocycles. The maximum atomic E-state index is 10.3. The molecule has 0 bridgehead atoms. The predicted octanol–water partition coefficient (Wildman–Crippen LogP) is 2.38. The lowest BCUT2D eigenvalue weighted by molar-refractivity contribution is -0.0364. The Kier molecular flexibility index (Phi) is 4.06. The van der Waals surface area contributed by atoms with Gasteiger partial charge in [-0.2, -0.15) is 0 Å². The van der Waals surface area contributed by atoms with Crippen molar-refractivity contribution in [1.29, 1.82) is 0 Å². The van der Waals surface area contributed by atoms with Gasteiger partial charge in [-0.1, -0.05) is 18.2 Å². The fourth-order valence-corrected chi connectivity index (χ4v) is 1.73. The molecule has 0 aliphatic heterocycles. The van der Waals surface area contributed by atoms with Crippen LogP contribution < -0.4 is 0 Å². The highest BCUT2D eigenvalue weighted by Crippen LogP contribution is 2.28. The van der Waals surface area contributed by atoms with Gasteiger partial charge in [-0.25, -0.2) is 0 Å². The number of rotatable bonds is 5. The van der Waals surface area contributed by atoms with E-state index in [1.165, 1.54) is 0 Å². The standard InChI is InChI=1S/C13H18O2/c1-4-6-11-7-9-13(14,8-5-2)12(10-11)15-3/h4-5,7,9-10,12,14H,1-2,6,8H2,3H3. The molecular formula is C13H18O2. The van der Waals surface area contributed by atoms with Gasteiger partial charge in [0, 0.05) is 13.5 Å². The van der Waals surface area contributed by atoms with E-state index in [-0.39, 0.29) is 6.10 Å². The Labute approximate surface area is 91.3 Å². The van der Waals surface area contributed by atoms with Crippen LogP contribution in [0.25, 0.3) is 0 Å². The van der Waals surface area contributed by atoms with Crippen molar-refractivity contribution in [3.63, 3.8) is 0 Å². The van der Waals surface area contributed by atoms with Crippen LogP contribution in [-0.4, -0.2) is 23.9 Å². The molecule has 1 aliphatic rings. The largest absolute Gasteiger partial charge is 0.382 e. The highest BCUT2D eigenvalue weighted by molar-refractivity contribution is 5.33. The van der Waals surface area contributed by atoms with Gasteiger partial charge in [-0.3, -0.25) is 0 Å². The van der Waals surface area contributed by atoms with E-state index in [0.717, 1.165) is 12.0 Å². The number of methoxy groups -OCH3 is 1. The fourth-order valence-electron chi connectivity index (χ4n) is 1.73. The molecule has 0 aromatic carbocycles. The van der Waals surface area contributed by atoms with Gasteiger partial charge in [-0.05, 0) is 24.1 Å². The average molecular weight is 206 g/mol. The molecule has 1 aliphatic carbocycles. The minimum absolute atomic E-state index is 0.310. The number of hydrogen-bond acceptors (Lipinski definition) is 2. The Bertz CT molecular complexity index is 302.